The number of rotatable bonds is 4. The molecule has 5 heteroatoms. The van der Waals surface area contributed by atoms with E-state index in [0.29, 0.717) is 19.1 Å². The van der Waals surface area contributed by atoms with Crippen molar-refractivity contribution in [3.8, 4) is 0 Å². The van der Waals surface area contributed by atoms with Crippen LogP contribution in [-0.2, 0) is 6.54 Å². The Hall–Kier alpha value is -2.01. The lowest BCUT2D eigenvalue weighted by Crippen LogP contribution is -2.40. The highest BCUT2D eigenvalue weighted by Gasteiger charge is 2.25. The average molecular weight is 300 g/mol. The van der Waals surface area contributed by atoms with Crippen molar-refractivity contribution < 1.29 is 5.11 Å². The molecule has 2 atom stereocenters. The Morgan fingerprint density at radius 1 is 1.23 bits per heavy atom. The molecule has 1 aliphatic heterocycles. The number of β-amino-alcohol motifs (C(OH)–C–C–N with tert-alkyl or cyclic N) is 1. The topological polar surface area (TPSA) is 44.5 Å². The molecule has 0 fully saturated rings. The number of fused-ring (bicyclic) bond motifs is 1. The first-order valence-electron chi connectivity index (χ1n) is 7.87. The minimum atomic E-state index is -0.446. The first kappa shape index (κ1) is 14.9. The first-order valence-corrected chi connectivity index (χ1v) is 7.87. The van der Waals surface area contributed by atoms with Gasteiger partial charge in [0.15, 0.2) is 0 Å². The molecule has 0 spiro atoms. The number of aromatic nitrogens is 2. The molecule has 2 aromatic rings. The molecule has 118 valence electrons. The lowest BCUT2D eigenvalue weighted by molar-refractivity contribution is 0.152. The van der Waals surface area contributed by atoms with Crippen LogP contribution in [0.15, 0.2) is 42.7 Å². The minimum Gasteiger partial charge on any atom is -0.389 e. The van der Waals surface area contributed by atoms with Crippen molar-refractivity contribution in [3.05, 3.63) is 42.7 Å². The summed E-state index contributed by atoms with van der Waals surface area (Å²) in [4.78, 5) is 4.62. The van der Waals surface area contributed by atoms with E-state index in [1.54, 1.807) is 10.9 Å². The first-order chi connectivity index (χ1) is 10.6. The van der Waals surface area contributed by atoms with Gasteiger partial charge in [0, 0.05) is 38.6 Å². The Bertz CT molecular complexity index is 598. The fourth-order valence-corrected chi connectivity index (χ4v) is 3.11. The number of aliphatic hydroxyl groups excluding tert-OH is 1. The van der Waals surface area contributed by atoms with Gasteiger partial charge in [0.1, 0.15) is 0 Å². The molecule has 0 unspecified atom stereocenters. The highest BCUT2D eigenvalue weighted by atomic mass is 16.3. The Balaban J connectivity index is 1.80. The van der Waals surface area contributed by atoms with Crippen LogP contribution in [0.2, 0.25) is 0 Å². The second-order valence-corrected chi connectivity index (χ2v) is 6.08. The molecule has 1 aliphatic rings. The molecule has 0 amide bonds. The van der Waals surface area contributed by atoms with Crippen LogP contribution >= 0.6 is 0 Å². The van der Waals surface area contributed by atoms with Gasteiger partial charge in [-0.1, -0.05) is 12.1 Å². The van der Waals surface area contributed by atoms with Gasteiger partial charge >= 0.3 is 0 Å². The third-order valence-corrected chi connectivity index (χ3v) is 4.38. The molecule has 5 nitrogen and oxygen atoms in total. The molecule has 0 saturated heterocycles. The van der Waals surface area contributed by atoms with Crippen molar-refractivity contribution in [2.24, 2.45) is 0 Å². The molecule has 0 aliphatic carbocycles. The van der Waals surface area contributed by atoms with Crippen LogP contribution in [0.25, 0.3) is 0 Å². The fourth-order valence-electron chi connectivity index (χ4n) is 3.11. The summed E-state index contributed by atoms with van der Waals surface area (Å²) < 4.78 is 1.78. The van der Waals surface area contributed by atoms with Crippen molar-refractivity contribution in [1.29, 1.82) is 0 Å². The molecular weight excluding hydrogens is 276 g/mol. The second-order valence-electron chi connectivity index (χ2n) is 6.08. The third kappa shape index (κ3) is 3.09. The standard InChI is InChI=1S/C17H24N4O/c1-14-8-11-19(2)16-6-3-4-7-17(16)21(14)13-15(22)12-20-10-5-9-18-20/h3-7,9-10,14-15,22H,8,11-13H2,1-2H3/t14-,15+/m1/s1. The van der Waals surface area contributed by atoms with E-state index in [1.165, 1.54) is 11.4 Å². The molecule has 22 heavy (non-hydrogen) atoms. The van der Waals surface area contributed by atoms with Crippen LogP contribution in [0.5, 0.6) is 0 Å². The van der Waals surface area contributed by atoms with Gasteiger partial charge in [-0.05, 0) is 31.5 Å². The lowest BCUT2D eigenvalue weighted by atomic mass is 10.1. The summed E-state index contributed by atoms with van der Waals surface area (Å²) in [6.45, 7) is 4.40. The van der Waals surface area contributed by atoms with Crippen molar-refractivity contribution in [2.75, 3.05) is 29.9 Å². The van der Waals surface area contributed by atoms with Crippen molar-refractivity contribution in [1.82, 2.24) is 9.78 Å². The predicted molar refractivity (Wildman–Crippen MR) is 89.4 cm³/mol. The van der Waals surface area contributed by atoms with Crippen LogP contribution in [0.1, 0.15) is 13.3 Å². The molecule has 0 radical (unpaired) electrons. The fraction of sp³-hybridized carbons (Fsp3) is 0.471. The maximum absolute atomic E-state index is 10.5. The van der Waals surface area contributed by atoms with E-state index in [0.717, 1.165) is 13.0 Å². The minimum absolute atomic E-state index is 0.401. The van der Waals surface area contributed by atoms with Gasteiger partial charge in [0.2, 0.25) is 0 Å². The van der Waals surface area contributed by atoms with Crippen LogP contribution < -0.4 is 9.80 Å². The third-order valence-electron chi connectivity index (χ3n) is 4.38. The lowest BCUT2D eigenvalue weighted by Gasteiger charge is -2.32. The largest absolute Gasteiger partial charge is 0.389 e. The summed E-state index contributed by atoms with van der Waals surface area (Å²) in [5, 5.41) is 14.6. The van der Waals surface area contributed by atoms with E-state index in [1.807, 2.05) is 12.3 Å². The molecule has 1 aromatic heterocycles. The average Bonchev–Trinajstić information content (AvgIpc) is 2.99. The number of hydrogen-bond acceptors (Lipinski definition) is 4. The summed E-state index contributed by atoms with van der Waals surface area (Å²) in [5.41, 5.74) is 2.44. The number of aliphatic hydroxyl groups is 1. The van der Waals surface area contributed by atoms with Gasteiger partial charge in [-0.25, -0.2) is 0 Å². The van der Waals surface area contributed by atoms with E-state index in [2.05, 4.69) is 53.1 Å². The van der Waals surface area contributed by atoms with Gasteiger partial charge in [-0.2, -0.15) is 5.10 Å². The maximum atomic E-state index is 10.5. The van der Waals surface area contributed by atoms with Gasteiger partial charge in [-0.3, -0.25) is 4.68 Å². The highest BCUT2D eigenvalue weighted by molar-refractivity contribution is 5.72. The Kier molecular flexibility index (Phi) is 4.34. The number of hydrogen-bond donors (Lipinski definition) is 1. The van der Waals surface area contributed by atoms with E-state index >= 15 is 0 Å². The number of benzene rings is 1. The smallest absolute Gasteiger partial charge is 0.0910 e. The molecule has 1 aromatic carbocycles. The van der Waals surface area contributed by atoms with Crippen molar-refractivity contribution in [3.63, 3.8) is 0 Å². The monoisotopic (exact) mass is 300 g/mol. The van der Waals surface area contributed by atoms with Gasteiger partial charge in [-0.15, -0.1) is 0 Å². The molecular formula is C17H24N4O. The quantitative estimate of drug-likeness (QED) is 0.938. The summed E-state index contributed by atoms with van der Waals surface area (Å²) >= 11 is 0. The van der Waals surface area contributed by atoms with Gasteiger partial charge in [0.05, 0.1) is 24.0 Å². The SMILES string of the molecule is C[C@@H]1CCN(C)c2ccccc2N1C[C@@H](O)Cn1cccn1. The van der Waals surface area contributed by atoms with Crippen molar-refractivity contribution in [2.45, 2.75) is 32.0 Å². The second kappa shape index (κ2) is 6.40. The van der Waals surface area contributed by atoms with Crippen LogP contribution in [0.4, 0.5) is 11.4 Å². The predicted octanol–water partition coefficient (Wildman–Crippen LogP) is 1.98. The normalized spacial score (nSPS) is 19.7. The summed E-state index contributed by atoms with van der Waals surface area (Å²) in [6, 6.07) is 10.7. The van der Waals surface area contributed by atoms with E-state index < -0.39 is 6.10 Å². The Morgan fingerprint density at radius 3 is 2.73 bits per heavy atom. The Labute approximate surface area is 131 Å². The van der Waals surface area contributed by atoms with E-state index in [9.17, 15) is 5.11 Å². The van der Waals surface area contributed by atoms with E-state index in [-0.39, 0.29) is 0 Å². The van der Waals surface area contributed by atoms with Crippen molar-refractivity contribution >= 4 is 11.4 Å². The van der Waals surface area contributed by atoms with Crippen LogP contribution in [0.3, 0.4) is 0 Å². The van der Waals surface area contributed by atoms with Crippen LogP contribution in [-0.4, -0.2) is 47.2 Å². The Morgan fingerprint density at radius 2 is 2.00 bits per heavy atom. The van der Waals surface area contributed by atoms with Gasteiger partial charge < -0.3 is 14.9 Å². The number of nitrogens with zero attached hydrogens (tertiary/aromatic N) is 4. The zero-order valence-electron chi connectivity index (χ0n) is 13.3. The molecule has 3 rings (SSSR count). The van der Waals surface area contributed by atoms with E-state index in [4.69, 9.17) is 0 Å². The molecule has 2 heterocycles. The zero-order chi connectivity index (χ0) is 15.5. The zero-order valence-corrected chi connectivity index (χ0v) is 13.3. The van der Waals surface area contributed by atoms with Gasteiger partial charge in [0.25, 0.3) is 0 Å². The summed E-state index contributed by atoms with van der Waals surface area (Å²) in [6.07, 6.45) is 4.26. The summed E-state index contributed by atoms with van der Waals surface area (Å²) in [5.74, 6) is 0. The summed E-state index contributed by atoms with van der Waals surface area (Å²) in [7, 11) is 2.13. The number of anilines is 2. The molecule has 1 N–H and O–H groups in total. The molecule has 0 saturated carbocycles. The highest BCUT2D eigenvalue weighted by Crippen LogP contribution is 2.33. The number of para-hydroxylation sites is 2. The molecule has 0 bridgehead atoms. The van der Waals surface area contributed by atoms with Crippen LogP contribution in [0, 0.1) is 0 Å². The maximum Gasteiger partial charge on any atom is 0.0910 e.